The maximum atomic E-state index is 12.2. The fourth-order valence-corrected chi connectivity index (χ4v) is 2.81. The van der Waals surface area contributed by atoms with E-state index in [1.165, 1.54) is 11.5 Å². The lowest BCUT2D eigenvalue weighted by Crippen LogP contribution is -2.27. The van der Waals surface area contributed by atoms with Crippen molar-refractivity contribution < 1.29 is 4.79 Å². The number of anilines is 2. The van der Waals surface area contributed by atoms with Crippen molar-refractivity contribution in [3.63, 3.8) is 0 Å². The first-order valence-electron chi connectivity index (χ1n) is 7.30. The van der Waals surface area contributed by atoms with Gasteiger partial charge in [0.2, 0.25) is 0 Å². The zero-order chi connectivity index (χ0) is 14.7. The van der Waals surface area contributed by atoms with E-state index in [1.54, 1.807) is 0 Å². The third-order valence-corrected chi connectivity index (χ3v) is 4.21. The minimum Gasteiger partial charge on any atom is -0.382 e. The Bertz CT molecular complexity index is 468. The number of carbonyl (C=O) groups is 1. The Morgan fingerprint density at radius 3 is 2.70 bits per heavy atom. The predicted molar refractivity (Wildman–Crippen MR) is 84.2 cm³/mol. The van der Waals surface area contributed by atoms with Gasteiger partial charge in [-0.3, -0.25) is 4.79 Å². The molecule has 2 rings (SSSR count). The van der Waals surface area contributed by atoms with Gasteiger partial charge in [0.25, 0.3) is 5.91 Å². The van der Waals surface area contributed by atoms with Crippen molar-refractivity contribution in [1.29, 1.82) is 0 Å². The van der Waals surface area contributed by atoms with E-state index in [4.69, 9.17) is 5.73 Å². The summed E-state index contributed by atoms with van der Waals surface area (Å²) in [5.74, 6) is 0.910. The minimum absolute atomic E-state index is 0.0997. The Morgan fingerprint density at radius 2 is 2.10 bits per heavy atom. The van der Waals surface area contributed by atoms with Crippen molar-refractivity contribution in [1.82, 2.24) is 9.69 Å². The molecule has 112 valence electrons. The van der Waals surface area contributed by atoms with Gasteiger partial charge in [-0.1, -0.05) is 13.8 Å². The first kappa shape index (κ1) is 15.1. The Hall–Kier alpha value is -1.30. The predicted octanol–water partition coefficient (Wildman–Crippen LogP) is 2.85. The molecule has 1 aromatic rings. The van der Waals surface area contributed by atoms with Crippen LogP contribution in [0.4, 0.5) is 10.8 Å². The monoisotopic (exact) mass is 296 g/mol. The van der Waals surface area contributed by atoms with E-state index in [2.05, 4.69) is 35.8 Å². The highest BCUT2D eigenvalue weighted by Crippen LogP contribution is 2.29. The smallest absolute Gasteiger partial charge is 0.258 e. The molecule has 1 unspecified atom stereocenters. The molecule has 20 heavy (non-hydrogen) atoms. The molecule has 1 fully saturated rings. The molecule has 0 radical (unpaired) electrons. The standard InChI is InChI=1S/C14H24N4OS/c1-8(2)4-5-9(3)16-14-11(12(15)18-20-14)13(19)17-10-6-7-10/h8-10,16H,4-7H2,1-3H3,(H2,15,18)(H,17,19). The Balaban J connectivity index is 1.98. The molecule has 6 heteroatoms. The highest BCUT2D eigenvalue weighted by atomic mass is 32.1. The van der Waals surface area contributed by atoms with Gasteiger partial charge in [-0.2, -0.15) is 4.37 Å². The third kappa shape index (κ3) is 4.10. The molecule has 1 aliphatic rings. The van der Waals surface area contributed by atoms with Crippen molar-refractivity contribution in [2.45, 2.75) is 58.5 Å². The normalized spacial score (nSPS) is 16.2. The van der Waals surface area contributed by atoms with Crippen LogP contribution < -0.4 is 16.4 Å². The van der Waals surface area contributed by atoms with E-state index in [-0.39, 0.29) is 5.91 Å². The van der Waals surface area contributed by atoms with Gasteiger partial charge in [0, 0.05) is 12.1 Å². The number of nitrogens with one attached hydrogen (secondary N) is 2. The number of hydrogen-bond acceptors (Lipinski definition) is 5. The molecule has 1 amide bonds. The van der Waals surface area contributed by atoms with Crippen molar-refractivity contribution >= 4 is 28.3 Å². The highest BCUT2D eigenvalue weighted by molar-refractivity contribution is 7.11. The third-order valence-electron chi connectivity index (χ3n) is 3.41. The molecule has 0 aromatic carbocycles. The molecule has 0 aliphatic heterocycles. The van der Waals surface area contributed by atoms with Crippen molar-refractivity contribution in [3.8, 4) is 0 Å². The second kappa shape index (κ2) is 6.43. The van der Waals surface area contributed by atoms with E-state index in [1.807, 2.05) is 0 Å². The number of aromatic nitrogens is 1. The molecule has 1 aromatic heterocycles. The van der Waals surface area contributed by atoms with E-state index >= 15 is 0 Å². The van der Waals surface area contributed by atoms with Crippen LogP contribution in [0.1, 0.15) is 56.8 Å². The quantitative estimate of drug-likeness (QED) is 0.723. The van der Waals surface area contributed by atoms with Crippen LogP contribution in [0.2, 0.25) is 0 Å². The number of nitrogen functional groups attached to an aromatic ring is 1. The van der Waals surface area contributed by atoms with Crippen LogP contribution >= 0.6 is 11.5 Å². The molecular formula is C14H24N4OS. The first-order valence-corrected chi connectivity index (χ1v) is 8.07. The average molecular weight is 296 g/mol. The number of nitrogens with zero attached hydrogens (tertiary/aromatic N) is 1. The molecule has 1 saturated carbocycles. The summed E-state index contributed by atoms with van der Waals surface area (Å²) in [6, 6.07) is 0.637. The van der Waals surface area contributed by atoms with Gasteiger partial charge in [-0.15, -0.1) is 0 Å². The van der Waals surface area contributed by atoms with Crippen LogP contribution in [0.5, 0.6) is 0 Å². The van der Waals surface area contributed by atoms with Crippen LogP contribution in [0.15, 0.2) is 0 Å². The second-order valence-electron chi connectivity index (χ2n) is 6.04. The number of carbonyl (C=O) groups excluding carboxylic acids is 1. The number of amides is 1. The molecule has 5 nitrogen and oxygen atoms in total. The summed E-state index contributed by atoms with van der Waals surface area (Å²) in [7, 11) is 0. The van der Waals surface area contributed by atoms with Crippen molar-refractivity contribution in [2.24, 2.45) is 5.92 Å². The zero-order valence-corrected chi connectivity index (χ0v) is 13.2. The molecule has 1 aliphatic carbocycles. The molecule has 0 spiro atoms. The lowest BCUT2D eigenvalue weighted by Gasteiger charge is -2.16. The molecule has 1 atom stereocenters. The topological polar surface area (TPSA) is 80.0 Å². The molecule has 1 heterocycles. The molecule has 0 bridgehead atoms. The van der Waals surface area contributed by atoms with Gasteiger partial charge in [-0.25, -0.2) is 0 Å². The van der Waals surface area contributed by atoms with E-state index in [9.17, 15) is 4.79 Å². The zero-order valence-electron chi connectivity index (χ0n) is 12.4. The second-order valence-corrected chi connectivity index (χ2v) is 6.81. The Morgan fingerprint density at radius 1 is 1.40 bits per heavy atom. The maximum absolute atomic E-state index is 12.2. The first-order chi connectivity index (χ1) is 9.47. The summed E-state index contributed by atoms with van der Waals surface area (Å²) in [5.41, 5.74) is 6.35. The summed E-state index contributed by atoms with van der Waals surface area (Å²) in [6.07, 6.45) is 4.36. The van der Waals surface area contributed by atoms with Crippen LogP contribution in [0.25, 0.3) is 0 Å². The van der Waals surface area contributed by atoms with Crippen LogP contribution in [-0.2, 0) is 0 Å². The van der Waals surface area contributed by atoms with Crippen molar-refractivity contribution in [3.05, 3.63) is 5.56 Å². The van der Waals surface area contributed by atoms with Gasteiger partial charge >= 0.3 is 0 Å². The van der Waals surface area contributed by atoms with Gasteiger partial charge in [0.15, 0.2) is 5.82 Å². The fraction of sp³-hybridized carbons (Fsp3) is 0.714. The number of nitrogens with two attached hydrogens (primary N) is 1. The number of rotatable bonds is 7. The maximum Gasteiger partial charge on any atom is 0.258 e. The Kier molecular flexibility index (Phi) is 4.86. The van der Waals surface area contributed by atoms with E-state index in [0.29, 0.717) is 29.4 Å². The van der Waals surface area contributed by atoms with E-state index in [0.717, 1.165) is 30.7 Å². The van der Waals surface area contributed by atoms with Gasteiger partial charge < -0.3 is 16.4 Å². The van der Waals surface area contributed by atoms with Gasteiger partial charge in [0.1, 0.15) is 10.6 Å². The summed E-state index contributed by atoms with van der Waals surface area (Å²) < 4.78 is 4.11. The highest BCUT2D eigenvalue weighted by Gasteiger charge is 2.27. The fourth-order valence-electron chi connectivity index (χ4n) is 1.98. The minimum atomic E-state index is -0.0997. The summed E-state index contributed by atoms with van der Waals surface area (Å²) in [4.78, 5) is 12.2. The summed E-state index contributed by atoms with van der Waals surface area (Å²) >= 11 is 1.27. The Labute approximate surface area is 124 Å². The van der Waals surface area contributed by atoms with Gasteiger partial charge in [0.05, 0.1) is 0 Å². The molecular weight excluding hydrogens is 272 g/mol. The SMILES string of the molecule is CC(C)CCC(C)Nc1snc(N)c1C(=O)NC1CC1. The average Bonchev–Trinajstić information content (AvgIpc) is 3.10. The van der Waals surface area contributed by atoms with Gasteiger partial charge in [-0.05, 0) is 50.1 Å². The lowest BCUT2D eigenvalue weighted by molar-refractivity contribution is 0.0953. The summed E-state index contributed by atoms with van der Waals surface area (Å²) in [5, 5.41) is 7.13. The van der Waals surface area contributed by atoms with Crippen LogP contribution in [0.3, 0.4) is 0 Å². The van der Waals surface area contributed by atoms with E-state index < -0.39 is 0 Å². The van der Waals surface area contributed by atoms with Crippen molar-refractivity contribution in [2.75, 3.05) is 11.1 Å². The van der Waals surface area contributed by atoms with Crippen LogP contribution in [-0.4, -0.2) is 22.4 Å². The van der Waals surface area contributed by atoms with Crippen LogP contribution in [0, 0.1) is 5.92 Å². The molecule has 0 saturated heterocycles. The summed E-state index contributed by atoms with van der Waals surface area (Å²) in [6.45, 7) is 6.55. The lowest BCUT2D eigenvalue weighted by atomic mass is 10.0. The number of hydrogen-bond donors (Lipinski definition) is 3. The largest absolute Gasteiger partial charge is 0.382 e. The molecule has 4 N–H and O–H groups in total.